The maximum atomic E-state index is 4.42. The van der Waals surface area contributed by atoms with E-state index >= 15 is 0 Å². The molecule has 0 aliphatic carbocycles. The van der Waals surface area contributed by atoms with Gasteiger partial charge < -0.3 is 4.90 Å². The molecule has 3 rings (SSSR count). The van der Waals surface area contributed by atoms with E-state index in [1.807, 2.05) is 20.0 Å². The summed E-state index contributed by atoms with van der Waals surface area (Å²) in [6, 6.07) is 5.02. The number of hydrogen-bond donors (Lipinski definition) is 0. The van der Waals surface area contributed by atoms with E-state index in [-0.39, 0.29) is 0 Å². The van der Waals surface area contributed by atoms with Crippen LogP contribution in [0.5, 0.6) is 0 Å². The lowest BCUT2D eigenvalue weighted by molar-refractivity contribution is 0.0709. The first-order valence-corrected chi connectivity index (χ1v) is 9.95. The van der Waals surface area contributed by atoms with Crippen molar-refractivity contribution in [3.05, 3.63) is 35.7 Å². The Kier molecular flexibility index (Phi) is 8.59. The summed E-state index contributed by atoms with van der Waals surface area (Å²) in [6.07, 6.45) is 8.97. The predicted molar refractivity (Wildman–Crippen MR) is 108 cm³/mol. The maximum absolute atomic E-state index is 4.42. The molecule has 2 fully saturated rings. The van der Waals surface area contributed by atoms with Gasteiger partial charge in [0, 0.05) is 45.0 Å². The van der Waals surface area contributed by atoms with Gasteiger partial charge in [0.25, 0.3) is 0 Å². The van der Waals surface area contributed by atoms with E-state index in [0.717, 1.165) is 18.3 Å². The first-order chi connectivity index (χ1) is 12.2. The minimum Gasteiger partial charge on any atom is -0.304 e. The van der Waals surface area contributed by atoms with Crippen LogP contribution in [0.4, 0.5) is 0 Å². The highest BCUT2D eigenvalue weighted by atomic mass is 15.3. The number of piperidine rings is 1. The highest BCUT2D eigenvalue weighted by Gasteiger charge is 2.26. The summed E-state index contributed by atoms with van der Waals surface area (Å²) >= 11 is 0. The Hall–Kier alpha value is -1.23. The minimum atomic E-state index is 0.808. The Morgan fingerprint density at radius 2 is 1.72 bits per heavy atom. The van der Waals surface area contributed by atoms with Crippen molar-refractivity contribution in [2.75, 3.05) is 52.9 Å². The minimum absolute atomic E-state index is 0.808. The summed E-state index contributed by atoms with van der Waals surface area (Å²) in [5.41, 5.74) is 2.27. The molecule has 0 saturated carbocycles. The Balaban J connectivity index is 0.00000109. The Morgan fingerprint density at radius 3 is 2.32 bits per heavy atom. The molecule has 2 aliphatic rings. The number of likely N-dealkylation sites (tertiary alicyclic amines) is 1. The van der Waals surface area contributed by atoms with Crippen molar-refractivity contribution in [2.45, 2.75) is 39.7 Å². The molecule has 0 N–H and O–H groups in total. The number of aromatic nitrogens is 1. The van der Waals surface area contributed by atoms with E-state index < -0.39 is 0 Å². The Labute approximate surface area is 154 Å². The lowest BCUT2D eigenvalue weighted by Crippen LogP contribution is -2.52. The molecule has 3 heterocycles. The van der Waals surface area contributed by atoms with Crippen LogP contribution in [0.2, 0.25) is 0 Å². The van der Waals surface area contributed by atoms with Gasteiger partial charge in [-0.15, -0.1) is 0 Å². The first-order valence-electron chi connectivity index (χ1n) is 9.95. The summed E-state index contributed by atoms with van der Waals surface area (Å²) < 4.78 is 0. The van der Waals surface area contributed by atoms with Crippen LogP contribution in [0.25, 0.3) is 6.08 Å². The first kappa shape index (κ1) is 20.1. The van der Waals surface area contributed by atoms with Crippen LogP contribution in [-0.4, -0.2) is 78.6 Å². The SMILES string of the molecule is CC.Cc1ccc(/C=C/CN2CCC(N3CCN(C)CC3)CC2)nc1. The smallest absolute Gasteiger partial charge is 0.0627 e. The van der Waals surface area contributed by atoms with Crippen molar-refractivity contribution in [1.29, 1.82) is 0 Å². The maximum Gasteiger partial charge on any atom is 0.0627 e. The van der Waals surface area contributed by atoms with Gasteiger partial charge in [-0.1, -0.05) is 26.0 Å². The van der Waals surface area contributed by atoms with Crippen molar-refractivity contribution in [3.63, 3.8) is 0 Å². The normalized spacial score (nSPS) is 21.3. The summed E-state index contributed by atoms with van der Waals surface area (Å²) in [7, 11) is 2.23. The Morgan fingerprint density at radius 1 is 1.04 bits per heavy atom. The monoisotopic (exact) mass is 344 g/mol. The highest BCUT2D eigenvalue weighted by molar-refractivity contribution is 5.44. The summed E-state index contributed by atoms with van der Waals surface area (Å²) in [4.78, 5) is 12.1. The summed E-state index contributed by atoms with van der Waals surface area (Å²) in [6.45, 7) is 14.5. The zero-order valence-electron chi connectivity index (χ0n) is 16.6. The van der Waals surface area contributed by atoms with Gasteiger partial charge in [-0.25, -0.2) is 0 Å². The number of aryl methyl sites for hydroxylation is 1. The molecule has 2 aliphatic heterocycles. The molecule has 0 unspecified atom stereocenters. The van der Waals surface area contributed by atoms with E-state index in [1.54, 1.807) is 0 Å². The molecule has 0 radical (unpaired) electrons. The van der Waals surface area contributed by atoms with E-state index in [1.165, 1.54) is 57.7 Å². The number of likely N-dealkylation sites (N-methyl/N-ethyl adjacent to an activating group) is 1. The second-order valence-electron chi connectivity index (χ2n) is 7.03. The number of piperazine rings is 1. The Bertz CT molecular complexity index is 495. The molecule has 0 bridgehead atoms. The molecule has 4 nitrogen and oxygen atoms in total. The van der Waals surface area contributed by atoms with Crippen LogP contribution in [0.3, 0.4) is 0 Å². The zero-order valence-corrected chi connectivity index (χ0v) is 16.6. The molecule has 25 heavy (non-hydrogen) atoms. The van der Waals surface area contributed by atoms with Crippen LogP contribution in [-0.2, 0) is 0 Å². The molecule has 140 valence electrons. The van der Waals surface area contributed by atoms with Gasteiger partial charge in [-0.3, -0.25) is 14.8 Å². The molecule has 0 spiro atoms. The van der Waals surface area contributed by atoms with Crippen molar-refractivity contribution in [2.24, 2.45) is 0 Å². The van der Waals surface area contributed by atoms with Gasteiger partial charge in [0.2, 0.25) is 0 Å². The largest absolute Gasteiger partial charge is 0.304 e. The second kappa shape index (κ2) is 10.7. The molecular weight excluding hydrogens is 308 g/mol. The van der Waals surface area contributed by atoms with E-state index in [9.17, 15) is 0 Å². The molecule has 0 amide bonds. The lowest BCUT2D eigenvalue weighted by atomic mass is 10.0. The lowest BCUT2D eigenvalue weighted by Gasteiger charge is -2.41. The molecular formula is C21H36N4. The van der Waals surface area contributed by atoms with Crippen molar-refractivity contribution < 1.29 is 0 Å². The standard InChI is InChI=1S/C19H30N4.C2H6/c1-17-5-6-18(20-16-17)4-3-9-22-10-7-19(8-11-22)23-14-12-21(2)13-15-23;1-2/h3-6,16,19H,7-15H2,1-2H3;1-2H3/b4-3+;. The number of pyridine rings is 1. The van der Waals surface area contributed by atoms with Gasteiger partial charge in [0.15, 0.2) is 0 Å². The average Bonchev–Trinajstić information content (AvgIpc) is 2.66. The third kappa shape index (κ3) is 6.53. The van der Waals surface area contributed by atoms with Gasteiger partial charge in [-0.2, -0.15) is 0 Å². The van der Waals surface area contributed by atoms with Crippen LogP contribution in [0.15, 0.2) is 24.4 Å². The number of rotatable bonds is 4. The summed E-state index contributed by atoms with van der Waals surface area (Å²) in [5.74, 6) is 0. The fourth-order valence-electron chi connectivity index (χ4n) is 3.55. The molecule has 0 aromatic carbocycles. The van der Waals surface area contributed by atoms with Gasteiger partial charge >= 0.3 is 0 Å². The number of hydrogen-bond acceptors (Lipinski definition) is 4. The quantitative estimate of drug-likeness (QED) is 0.837. The van der Waals surface area contributed by atoms with Crippen molar-refractivity contribution >= 4 is 6.08 Å². The fraction of sp³-hybridized carbons (Fsp3) is 0.667. The summed E-state index contributed by atoms with van der Waals surface area (Å²) in [5, 5.41) is 0. The van der Waals surface area contributed by atoms with E-state index in [0.29, 0.717) is 0 Å². The van der Waals surface area contributed by atoms with Crippen molar-refractivity contribution in [1.82, 2.24) is 19.7 Å². The third-order valence-corrected chi connectivity index (χ3v) is 5.20. The van der Waals surface area contributed by atoms with E-state index in [4.69, 9.17) is 0 Å². The zero-order chi connectivity index (χ0) is 18.1. The van der Waals surface area contributed by atoms with Crippen LogP contribution >= 0.6 is 0 Å². The van der Waals surface area contributed by atoms with Crippen LogP contribution in [0, 0.1) is 6.92 Å². The van der Waals surface area contributed by atoms with Gasteiger partial charge in [0.1, 0.15) is 0 Å². The predicted octanol–water partition coefficient (Wildman–Crippen LogP) is 3.14. The average molecular weight is 345 g/mol. The highest BCUT2D eigenvalue weighted by Crippen LogP contribution is 2.18. The fourth-order valence-corrected chi connectivity index (χ4v) is 3.55. The molecule has 1 aromatic heterocycles. The molecule has 4 heteroatoms. The third-order valence-electron chi connectivity index (χ3n) is 5.20. The number of nitrogens with zero attached hydrogens (tertiary/aromatic N) is 4. The topological polar surface area (TPSA) is 22.6 Å². The van der Waals surface area contributed by atoms with Gasteiger partial charge in [-0.05, 0) is 57.6 Å². The molecule has 2 saturated heterocycles. The van der Waals surface area contributed by atoms with Crippen LogP contribution < -0.4 is 0 Å². The van der Waals surface area contributed by atoms with Crippen LogP contribution in [0.1, 0.15) is 37.9 Å². The van der Waals surface area contributed by atoms with Gasteiger partial charge in [0.05, 0.1) is 5.69 Å². The molecule has 0 atom stereocenters. The molecule has 1 aromatic rings. The second-order valence-corrected chi connectivity index (χ2v) is 7.03. The van der Waals surface area contributed by atoms with Crippen molar-refractivity contribution in [3.8, 4) is 0 Å². The van der Waals surface area contributed by atoms with E-state index in [2.05, 4.69) is 57.9 Å².